The van der Waals surface area contributed by atoms with Crippen LogP contribution in [0, 0.1) is 0 Å². The summed E-state index contributed by atoms with van der Waals surface area (Å²) in [5, 5.41) is 3.31. The Morgan fingerprint density at radius 3 is 2.70 bits per heavy atom. The molecular formula is C15H26N4O. The van der Waals surface area contributed by atoms with Gasteiger partial charge in [0.1, 0.15) is 6.33 Å². The summed E-state index contributed by atoms with van der Waals surface area (Å²) in [6.07, 6.45) is 9.13. The number of nitrogens with zero attached hydrogens (tertiary/aromatic N) is 3. The van der Waals surface area contributed by atoms with Crippen LogP contribution in [0.5, 0.6) is 5.75 Å². The van der Waals surface area contributed by atoms with E-state index >= 15 is 0 Å². The van der Waals surface area contributed by atoms with Crippen LogP contribution < -0.4 is 15.0 Å². The normalized spacial score (nSPS) is 15.9. The first-order chi connectivity index (χ1) is 9.77. The highest BCUT2D eigenvalue weighted by atomic mass is 16.5. The maximum Gasteiger partial charge on any atom is 0.204 e. The van der Waals surface area contributed by atoms with E-state index in [9.17, 15) is 0 Å². The van der Waals surface area contributed by atoms with Gasteiger partial charge in [-0.05, 0) is 19.3 Å². The maximum atomic E-state index is 5.56. The van der Waals surface area contributed by atoms with Crippen molar-refractivity contribution >= 4 is 11.6 Å². The number of nitrogens with one attached hydrogen (secondary N) is 1. The zero-order valence-corrected chi connectivity index (χ0v) is 12.9. The molecule has 1 aromatic rings. The number of hydrogen-bond acceptors (Lipinski definition) is 5. The molecule has 0 unspecified atom stereocenters. The lowest BCUT2D eigenvalue weighted by molar-refractivity contribution is 0.398. The molecule has 1 fully saturated rings. The van der Waals surface area contributed by atoms with Gasteiger partial charge in [0.05, 0.1) is 7.11 Å². The van der Waals surface area contributed by atoms with E-state index in [2.05, 4.69) is 34.2 Å². The highest BCUT2D eigenvalue weighted by Gasteiger charge is 2.23. The summed E-state index contributed by atoms with van der Waals surface area (Å²) >= 11 is 0. The number of methoxy groups -OCH3 is 1. The van der Waals surface area contributed by atoms with Crippen LogP contribution in [-0.2, 0) is 0 Å². The lowest BCUT2D eigenvalue weighted by Gasteiger charge is -2.32. The number of aromatic nitrogens is 2. The zero-order valence-electron chi connectivity index (χ0n) is 12.9. The van der Waals surface area contributed by atoms with Crippen LogP contribution in [0.1, 0.15) is 45.4 Å². The Kier molecular flexibility index (Phi) is 5.44. The molecule has 1 aromatic heterocycles. The fourth-order valence-electron chi connectivity index (χ4n) is 2.81. The monoisotopic (exact) mass is 278 g/mol. The van der Waals surface area contributed by atoms with Gasteiger partial charge in [0.2, 0.25) is 5.75 Å². The molecule has 1 saturated carbocycles. The molecule has 1 heterocycles. The van der Waals surface area contributed by atoms with Crippen LogP contribution in [0.3, 0.4) is 0 Å². The Morgan fingerprint density at radius 1 is 1.30 bits per heavy atom. The number of hydrogen-bond donors (Lipinski definition) is 1. The predicted molar refractivity (Wildman–Crippen MR) is 82.6 cm³/mol. The predicted octanol–water partition coefficient (Wildman–Crippen LogP) is 3.08. The van der Waals surface area contributed by atoms with Crippen molar-refractivity contribution in [1.29, 1.82) is 0 Å². The van der Waals surface area contributed by atoms with E-state index < -0.39 is 0 Å². The second-order valence-electron chi connectivity index (χ2n) is 5.41. The van der Waals surface area contributed by atoms with Gasteiger partial charge in [-0.3, -0.25) is 0 Å². The minimum absolute atomic E-state index is 0.562. The second kappa shape index (κ2) is 7.31. The fourth-order valence-corrected chi connectivity index (χ4v) is 2.81. The summed E-state index contributed by atoms with van der Waals surface area (Å²) in [5.41, 5.74) is 0. The highest BCUT2D eigenvalue weighted by Crippen LogP contribution is 2.34. The van der Waals surface area contributed by atoms with Crippen LogP contribution >= 0.6 is 0 Å². The average Bonchev–Trinajstić information content (AvgIpc) is 2.52. The van der Waals surface area contributed by atoms with Crippen molar-refractivity contribution in [2.75, 3.05) is 30.9 Å². The average molecular weight is 278 g/mol. The lowest BCUT2D eigenvalue weighted by Crippen LogP contribution is -2.34. The summed E-state index contributed by atoms with van der Waals surface area (Å²) < 4.78 is 5.56. The van der Waals surface area contributed by atoms with Crippen molar-refractivity contribution in [3.8, 4) is 5.75 Å². The maximum absolute atomic E-state index is 5.56. The number of rotatable bonds is 6. The quantitative estimate of drug-likeness (QED) is 0.866. The van der Waals surface area contributed by atoms with Crippen LogP contribution in [0.4, 0.5) is 11.6 Å². The van der Waals surface area contributed by atoms with Crippen LogP contribution in [0.2, 0.25) is 0 Å². The summed E-state index contributed by atoms with van der Waals surface area (Å²) in [6, 6.07) is 0.562. The molecule has 1 N–H and O–H groups in total. The van der Waals surface area contributed by atoms with Crippen LogP contribution in [0.25, 0.3) is 0 Å². The molecule has 0 spiro atoms. The molecule has 0 radical (unpaired) electrons. The number of ether oxygens (including phenoxy) is 1. The van der Waals surface area contributed by atoms with Crippen LogP contribution in [-0.4, -0.2) is 36.7 Å². The van der Waals surface area contributed by atoms with Crippen molar-refractivity contribution in [1.82, 2.24) is 9.97 Å². The molecule has 1 aliphatic rings. The van der Waals surface area contributed by atoms with Crippen molar-refractivity contribution < 1.29 is 4.74 Å². The second-order valence-corrected chi connectivity index (χ2v) is 5.41. The van der Waals surface area contributed by atoms with E-state index in [1.165, 1.54) is 32.1 Å². The molecule has 0 aliphatic heterocycles. The van der Waals surface area contributed by atoms with E-state index in [0.29, 0.717) is 6.04 Å². The van der Waals surface area contributed by atoms with Crippen LogP contribution in [0.15, 0.2) is 6.33 Å². The van der Waals surface area contributed by atoms with Crippen molar-refractivity contribution in [3.05, 3.63) is 6.33 Å². The van der Waals surface area contributed by atoms with Gasteiger partial charge < -0.3 is 15.0 Å². The Labute approximate surface area is 121 Å². The molecule has 0 bridgehead atoms. The molecule has 0 atom stereocenters. The van der Waals surface area contributed by atoms with Gasteiger partial charge in [-0.2, -0.15) is 0 Å². The van der Waals surface area contributed by atoms with E-state index in [0.717, 1.165) is 30.4 Å². The van der Waals surface area contributed by atoms with Crippen molar-refractivity contribution in [3.63, 3.8) is 0 Å². The fraction of sp³-hybridized carbons (Fsp3) is 0.733. The molecule has 112 valence electrons. The molecule has 5 heteroatoms. The number of anilines is 2. The minimum Gasteiger partial charge on any atom is -0.490 e. The first kappa shape index (κ1) is 14.9. The molecule has 0 saturated heterocycles. The molecule has 5 nitrogen and oxygen atoms in total. The van der Waals surface area contributed by atoms with E-state index in [4.69, 9.17) is 4.74 Å². The van der Waals surface area contributed by atoms with E-state index in [-0.39, 0.29) is 0 Å². The van der Waals surface area contributed by atoms with Gasteiger partial charge >= 0.3 is 0 Å². The van der Waals surface area contributed by atoms with Gasteiger partial charge in [0.25, 0.3) is 0 Å². The molecule has 1 aliphatic carbocycles. The summed E-state index contributed by atoms with van der Waals surface area (Å²) in [7, 11) is 3.80. The zero-order chi connectivity index (χ0) is 14.4. The lowest BCUT2D eigenvalue weighted by atomic mass is 9.94. The third-order valence-electron chi connectivity index (χ3n) is 3.99. The third kappa shape index (κ3) is 3.32. The Balaban J connectivity index is 2.20. The first-order valence-electron chi connectivity index (χ1n) is 7.63. The smallest absolute Gasteiger partial charge is 0.204 e. The SMILES string of the molecule is CCCNc1ncnc(N(C)C2CCCCC2)c1OC. The Hall–Kier alpha value is -1.52. The van der Waals surface area contributed by atoms with Crippen molar-refractivity contribution in [2.45, 2.75) is 51.5 Å². The first-order valence-corrected chi connectivity index (χ1v) is 7.63. The molecule has 2 rings (SSSR count). The van der Waals surface area contributed by atoms with Gasteiger partial charge in [0, 0.05) is 19.6 Å². The van der Waals surface area contributed by atoms with Gasteiger partial charge in [-0.15, -0.1) is 0 Å². The molecule has 20 heavy (non-hydrogen) atoms. The Morgan fingerprint density at radius 2 is 2.05 bits per heavy atom. The summed E-state index contributed by atoms with van der Waals surface area (Å²) in [5.74, 6) is 2.45. The van der Waals surface area contributed by atoms with Gasteiger partial charge in [0.15, 0.2) is 11.6 Å². The highest BCUT2D eigenvalue weighted by molar-refractivity contribution is 5.64. The summed E-state index contributed by atoms with van der Waals surface area (Å²) in [6.45, 7) is 3.02. The van der Waals surface area contributed by atoms with E-state index in [1.54, 1.807) is 13.4 Å². The topological polar surface area (TPSA) is 50.3 Å². The van der Waals surface area contributed by atoms with Gasteiger partial charge in [-0.1, -0.05) is 26.2 Å². The minimum atomic E-state index is 0.562. The standard InChI is InChI=1S/C15H26N4O/c1-4-10-16-14-13(20-3)15(18-11-17-14)19(2)12-8-6-5-7-9-12/h11-12H,4-10H2,1-3H3,(H,16,17,18). The van der Waals surface area contributed by atoms with E-state index in [1.807, 2.05) is 0 Å². The third-order valence-corrected chi connectivity index (χ3v) is 3.99. The summed E-state index contributed by atoms with van der Waals surface area (Å²) in [4.78, 5) is 11.0. The molecular weight excluding hydrogens is 252 g/mol. The van der Waals surface area contributed by atoms with Gasteiger partial charge in [-0.25, -0.2) is 9.97 Å². The molecule has 0 aromatic carbocycles. The van der Waals surface area contributed by atoms with Crippen molar-refractivity contribution in [2.24, 2.45) is 0 Å². The largest absolute Gasteiger partial charge is 0.490 e. The molecule has 0 amide bonds. The Bertz CT molecular complexity index is 418.